The molecule has 0 aliphatic heterocycles. The number of pyridine rings is 1. The second-order valence-electron chi connectivity index (χ2n) is 5.46. The van der Waals surface area contributed by atoms with Crippen molar-refractivity contribution >= 4 is 33.2 Å². The van der Waals surface area contributed by atoms with Gasteiger partial charge in [-0.1, -0.05) is 33.2 Å². The van der Waals surface area contributed by atoms with Crippen LogP contribution in [0.15, 0.2) is 58.1 Å². The monoisotopic (exact) mass is 397 g/mol. The van der Waals surface area contributed by atoms with Crippen LogP contribution in [-0.2, 0) is 0 Å². The molecule has 0 unspecified atom stereocenters. The normalized spacial score (nSPS) is 11.0. The minimum Gasteiger partial charge on any atom is -0.342 e. The van der Waals surface area contributed by atoms with Gasteiger partial charge in [0.25, 0.3) is 5.91 Å². The summed E-state index contributed by atoms with van der Waals surface area (Å²) in [5.74, 6) is 0.221. The SMILES string of the molecule is Cc1ccc(-c2ncon2)cc1NC(=O)c1cnc2cc(Br)ccn12. The van der Waals surface area contributed by atoms with Gasteiger partial charge < -0.3 is 9.84 Å². The number of anilines is 1. The van der Waals surface area contributed by atoms with Gasteiger partial charge in [0.05, 0.1) is 6.20 Å². The number of hydrogen-bond acceptors (Lipinski definition) is 5. The number of nitrogens with zero attached hydrogens (tertiary/aromatic N) is 4. The Morgan fingerprint density at radius 2 is 2.12 bits per heavy atom. The molecule has 0 aliphatic rings. The molecule has 4 rings (SSSR count). The van der Waals surface area contributed by atoms with Gasteiger partial charge in [-0.15, -0.1) is 0 Å². The summed E-state index contributed by atoms with van der Waals surface area (Å²) in [7, 11) is 0. The van der Waals surface area contributed by atoms with E-state index in [9.17, 15) is 4.79 Å². The van der Waals surface area contributed by atoms with E-state index in [0.717, 1.165) is 15.6 Å². The number of nitrogens with one attached hydrogen (secondary N) is 1. The highest BCUT2D eigenvalue weighted by atomic mass is 79.9. The van der Waals surface area contributed by atoms with Gasteiger partial charge in [-0.2, -0.15) is 4.98 Å². The van der Waals surface area contributed by atoms with E-state index in [1.54, 1.807) is 16.8 Å². The second kappa shape index (κ2) is 6.14. The predicted molar refractivity (Wildman–Crippen MR) is 95.3 cm³/mol. The molecule has 0 fully saturated rings. The summed E-state index contributed by atoms with van der Waals surface area (Å²) in [5.41, 5.74) is 3.51. The summed E-state index contributed by atoms with van der Waals surface area (Å²) in [6.07, 6.45) is 4.61. The molecule has 0 bridgehead atoms. The predicted octanol–water partition coefficient (Wildman–Crippen LogP) is 3.71. The third-order valence-electron chi connectivity index (χ3n) is 3.81. The Morgan fingerprint density at radius 1 is 1.24 bits per heavy atom. The van der Waals surface area contributed by atoms with E-state index in [0.29, 0.717) is 22.9 Å². The lowest BCUT2D eigenvalue weighted by atomic mass is 10.1. The molecule has 0 aliphatic carbocycles. The van der Waals surface area contributed by atoms with Crippen LogP contribution in [0.25, 0.3) is 17.0 Å². The summed E-state index contributed by atoms with van der Waals surface area (Å²) in [5, 5.41) is 6.74. The quantitative estimate of drug-likeness (QED) is 0.569. The minimum atomic E-state index is -0.247. The molecule has 25 heavy (non-hydrogen) atoms. The number of hydrogen-bond donors (Lipinski definition) is 1. The number of rotatable bonds is 3. The van der Waals surface area contributed by atoms with Gasteiger partial charge in [-0.3, -0.25) is 9.20 Å². The molecule has 3 heterocycles. The zero-order valence-corrected chi connectivity index (χ0v) is 14.7. The number of aromatic nitrogens is 4. The van der Waals surface area contributed by atoms with Crippen molar-refractivity contribution in [2.24, 2.45) is 0 Å². The first-order valence-corrected chi connectivity index (χ1v) is 8.22. The summed E-state index contributed by atoms with van der Waals surface area (Å²) < 4.78 is 7.41. The van der Waals surface area contributed by atoms with E-state index in [1.165, 1.54) is 6.39 Å². The number of carbonyl (C=O) groups excluding carboxylic acids is 1. The first kappa shape index (κ1) is 15.5. The Bertz CT molecular complexity index is 1070. The van der Waals surface area contributed by atoms with E-state index in [2.05, 4.69) is 36.4 Å². The fourth-order valence-electron chi connectivity index (χ4n) is 2.50. The van der Waals surface area contributed by atoms with Crippen LogP contribution < -0.4 is 5.32 Å². The van der Waals surface area contributed by atoms with Gasteiger partial charge >= 0.3 is 0 Å². The molecule has 0 saturated heterocycles. The Hall–Kier alpha value is -3.00. The molecule has 0 atom stereocenters. The van der Waals surface area contributed by atoms with Crippen LogP contribution in [0.5, 0.6) is 0 Å². The molecular formula is C17H12BrN5O2. The van der Waals surface area contributed by atoms with Crippen LogP contribution in [0.3, 0.4) is 0 Å². The van der Waals surface area contributed by atoms with Crippen LogP contribution in [0.4, 0.5) is 5.69 Å². The van der Waals surface area contributed by atoms with Crippen molar-refractivity contribution in [3.8, 4) is 11.4 Å². The molecule has 124 valence electrons. The van der Waals surface area contributed by atoms with E-state index < -0.39 is 0 Å². The molecule has 0 saturated carbocycles. The molecular weight excluding hydrogens is 386 g/mol. The summed E-state index contributed by atoms with van der Waals surface area (Å²) >= 11 is 3.40. The maximum Gasteiger partial charge on any atom is 0.274 e. The standard InChI is InChI=1S/C17H12BrN5O2/c1-10-2-3-11(16-20-9-25-22-16)6-13(10)21-17(24)14-8-19-15-7-12(18)4-5-23(14)15/h2-9H,1H3,(H,21,24). The van der Waals surface area contributed by atoms with Crippen LogP contribution in [0.1, 0.15) is 16.1 Å². The maximum atomic E-state index is 12.7. The molecule has 8 heteroatoms. The highest BCUT2D eigenvalue weighted by Gasteiger charge is 2.14. The van der Waals surface area contributed by atoms with E-state index in [4.69, 9.17) is 4.52 Å². The van der Waals surface area contributed by atoms with Gasteiger partial charge in [0.1, 0.15) is 11.3 Å². The van der Waals surface area contributed by atoms with Gasteiger partial charge in [0, 0.05) is 21.9 Å². The molecule has 0 spiro atoms. The zero-order valence-electron chi connectivity index (χ0n) is 13.1. The van der Waals surface area contributed by atoms with Crippen molar-refractivity contribution in [3.05, 3.63) is 64.8 Å². The number of carbonyl (C=O) groups is 1. The molecule has 3 aromatic heterocycles. The number of imidazole rings is 1. The van der Waals surface area contributed by atoms with E-state index in [-0.39, 0.29) is 5.91 Å². The lowest BCUT2D eigenvalue weighted by Gasteiger charge is -2.09. The van der Waals surface area contributed by atoms with Crippen molar-refractivity contribution in [1.29, 1.82) is 0 Å². The number of benzene rings is 1. The maximum absolute atomic E-state index is 12.7. The number of aryl methyl sites for hydroxylation is 1. The Morgan fingerprint density at radius 3 is 2.92 bits per heavy atom. The van der Waals surface area contributed by atoms with E-state index >= 15 is 0 Å². The summed E-state index contributed by atoms with van der Waals surface area (Å²) in [6.45, 7) is 1.92. The molecule has 4 aromatic rings. The van der Waals surface area contributed by atoms with Crippen molar-refractivity contribution in [1.82, 2.24) is 19.5 Å². The van der Waals surface area contributed by atoms with Crippen molar-refractivity contribution < 1.29 is 9.32 Å². The molecule has 1 aromatic carbocycles. The number of halogens is 1. The van der Waals surface area contributed by atoms with Crippen LogP contribution in [0, 0.1) is 6.92 Å². The largest absolute Gasteiger partial charge is 0.342 e. The fraction of sp³-hybridized carbons (Fsp3) is 0.0588. The zero-order chi connectivity index (χ0) is 17.4. The first-order chi connectivity index (χ1) is 12.1. The average molecular weight is 398 g/mol. The van der Waals surface area contributed by atoms with Crippen LogP contribution in [-0.4, -0.2) is 25.4 Å². The van der Waals surface area contributed by atoms with Crippen LogP contribution in [0.2, 0.25) is 0 Å². The van der Waals surface area contributed by atoms with Gasteiger partial charge in [-0.25, -0.2) is 4.98 Å². The van der Waals surface area contributed by atoms with Crippen molar-refractivity contribution in [3.63, 3.8) is 0 Å². The number of fused-ring (bicyclic) bond motifs is 1. The fourth-order valence-corrected chi connectivity index (χ4v) is 2.83. The summed E-state index contributed by atoms with van der Waals surface area (Å²) in [4.78, 5) is 21.0. The minimum absolute atomic E-state index is 0.247. The smallest absolute Gasteiger partial charge is 0.274 e. The second-order valence-corrected chi connectivity index (χ2v) is 6.37. The third-order valence-corrected chi connectivity index (χ3v) is 4.31. The van der Waals surface area contributed by atoms with Crippen molar-refractivity contribution in [2.45, 2.75) is 6.92 Å². The Labute approximate surface area is 150 Å². The average Bonchev–Trinajstić information content (AvgIpc) is 3.25. The Balaban J connectivity index is 1.67. The highest BCUT2D eigenvalue weighted by molar-refractivity contribution is 9.10. The highest BCUT2D eigenvalue weighted by Crippen LogP contribution is 2.24. The van der Waals surface area contributed by atoms with Crippen LogP contribution >= 0.6 is 15.9 Å². The van der Waals surface area contributed by atoms with Crippen molar-refractivity contribution in [2.75, 3.05) is 5.32 Å². The molecule has 0 radical (unpaired) electrons. The lowest BCUT2D eigenvalue weighted by molar-refractivity contribution is 0.102. The molecule has 1 amide bonds. The van der Waals surface area contributed by atoms with E-state index in [1.807, 2.05) is 37.3 Å². The van der Waals surface area contributed by atoms with Gasteiger partial charge in [0.15, 0.2) is 0 Å². The molecule has 1 N–H and O–H groups in total. The lowest BCUT2D eigenvalue weighted by Crippen LogP contribution is -2.15. The number of amides is 1. The summed E-state index contributed by atoms with van der Waals surface area (Å²) in [6, 6.07) is 9.29. The Kier molecular flexibility index (Phi) is 3.81. The topological polar surface area (TPSA) is 85.3 Å². The van der Waals surface area contributed by atoms with Gasteiger partial charge in [-0.05, 0) is 30.7 Å². The van der Waals surface area contributed by atoms with Gasteiger partial charge in [0.2, 0.25) is 12.2 Å². The first-order valence-electron chi connectivity index (χ1n) is 7.43. The molecule has 7 nitrogen and oxygen atoms in total. The third kappa shape index (κ3) is 2.91.